The van der Waals surface area contributed by atoms with E-state index in [0.717, 1.165) is 17.8 Å². The lowest BCUT2D eigenvalue weighted by Gasteiger charge is -2.33. The summed E-state index contributed by atoms with van der Waals surface area (Å²) in [6, 6.07) is 8.09. The number of aromatic nitrogens is 3. The van der Waals surface area contributed by atoms with E-state index in [4.69, 9.17) is 0 Å². The first-order valence-corrected chi connectivity index (χ1v) is 13.9. The minimum Gasteiger partial charge on any atom is -0.335 e. The Morgan fingerprint density at radius 1 is 1.25 bits per heavy atom. The second-order valence-corrected chi connectivity index (χ2v) is 12.8. The standard InChI is InChI=1S/C23H34N4O3S2/c1-7-16(2)27(19-12-13-32(29,30)15-19)20(28)14-31-22-25-24-21(26(22)6)17-8-10-18(11-9-17)23(3,4)5/h8-11,16,19H,7,12-15H2,1-6H3. The lowest BCUT2D eigenvalue weighted by atomic mass is 9.87. The lowest BCUT2D eigenvalue weighted by molar-refractivity contribution is -0.132. The normalized spacial score (nSPS) is 19.1. The van der Waals surface area contributed by atoms with Gasteiger partial charge >= 0.3 is 0 Å². The van der Waals surface area contributed by atoms with Crippen LogP contribution in [0.5, 0.6) is 0 Å². The van der Waals surface area contributed by atoms with E-state index in [-0.39, 0.29) is 40.7 Å². The molecular weight excluding hydrogens is 444 g/mol. The summed E-state index contributed by atoms with van der Waals surface area (Å²) in [5, 5.41) is 9.29. The van der Waals surface area contributed by atoms with E-state index in [1.807, 2.05) is 25.5 Å². The molecule has 0 radical (unpaired) electrons. The van der Waals surface area contributed by atoms with E-state index in [1.54, 1.807) is 4.90 Å². The second kappa shape index (κ2) is 9.55. The van der Waals surface area contributed by atoms with Crippen LogP contribution >= 0.6 is 11.8 Å². The van der Waals surface area contributed by atoms with Crippen molar-refractivity contribution in [1.82, 2.24) is 19.7 Å². The lowest BCUT2D eigenvalue weighted by Crippen LogP contribution is -2.47. The van der Waals surface area contributed by atoms with Gasteiger partial charge < -0.3 is 9.47 Å². The van der Waals surface area contributed by atoms with Crippen molar-refractivity contribution < 1.29 is 13.2 Å². The van der Waals surface area contributed by atoms with E-state index in [1.165, 1.54) is 17.3 Å². The van der Waals surface area contributed by atoms with Crippen LogP contribution in [0.15, 0.2) is 29.4 Å². The van der Waals surface area contributed by atoms with Crippen molar-refractivity contribution in [1.29, 1.82) is 0 Å². The fourth-order valence-electron chi connectivity index (χ4n) is 4.01. The highest BCUT2D eigenvalue weighted by molar-refractivity contribution is 7.99. The second-order valence-electron chi connectivity index (χ2n) is 9.60. The minimum atomic E-state index is -3.06. The number of nitrogens with zero attached hydrogens (tertiary/aromatic N) is 4. The summed E-state index contributed by atoms with van der Waals surface area (Å²) in [5.74, 6) is 1.13. The number of benzene rings is 1. The summed E-state index contributed by atoms with van der Waals surface area (Å²) in [6.45, 7) is 10.5. The molecule has 32 heavy (non-hydrogen) atoms. The van der Waals surface area contributed by atoms with Crippen LogP contribution in [-0.2, 0) is 27.1 Å². The van der Waals surface area contributed by atoms with Crippen LogP contribution in [0.3, 0.4) is 0 Å². The Morgan fingerprint density at radius 2 is 1.91 bits per heavy atom. The Balaban J connectivity index is 1.71. The van der Waals surface area contributed by atoms with Gasteiger partial charge in [-0.2, -0.15) is 0 Å². The Bertz CT molecular complexity index is 1060. The van der Waals surface area contributed by atoms with Gasteiger partial charge in [-0.05, 0) is 30.7 Å². The zero-order valence-electron chi connectivity index (χ0n) is 19.8. The van der Waals surface area contributed by atoms with Crippen molar-refractivity contribution in [3.05, 3.63) is 29.8 Å². The highest BCUT2D eigenvalue weighted by atomic mass is 32.2. The fraction of sp³-hybridized carbons (Fsp3) is 0.609. The molecular formula is C23H34N4O3S2. The summed E-state index contributed by atoms with van der Waals surface area (Å²) >= 11 is 1.34. The monoisotopic (exact) mass is 478 g/mol. The number of amides is 1. The summed E-state index contributed by atoms with van der Waals surface area (Å²) in [4.78, 5) is 14.9. The Hall–Kier alpha value is -1.87. The molecule has 0 spiro atoms. The van der Waals surface area contributed by atoms with Crippen LogP contribution in [0.4, 0.5) is 0 Å². The molecule has 0 saturated carbocycles. The molecule has 1 aromatic heterocycles. The maximum absolute atomic E-state index is 13.1. The van der Waals surface area contributed by atoms with Crippen molar-refractivity contribution in [3.8, 4) is 11.4 Å². The fourth-order valence-corrected chi connectivity index (χ4v) is 6.50. The number of sulfone groups is 1. The van der Waals surface area contributed by atoms with E-state index >= 15 is 0 Å². The van der Waals surface area contributed by atoms with Gasteiger partial charge in [0.2, 0.25) is 5.91 Å². The van der Waals surface area contributed by atoms with E-state index in [0.29, 0.717) is 11.6 Å². The van der Waals surface area contributed by atoms with Crippen molar-refractivity contribution in [2.75, 3.05) is 17.3 Å². The van der Waals surface area contributed by atoms with Crippen LogP contribution in [0, 0.1) is 0 Å². The van der Waals surface area contributed by atoms with E-state index < -0.39 is 9.84 Å². The summed E-state index contributed by atoms with van der Waals surface area (Å²) < 4.78 is 25.8. The number of thioether (sulfide) groups is 1. The molecule has 2 atom stereocenters. The van der Waals surface area contributed by atoms with Gasteiger partial charge in [0.25, 0.3) is 0 Å². The first kappa shape index (κ1) is 24.8. The molecule has 1 fully saturated rings. The maximum Gasteiger partial charge on any atom is 0.233 e. The van der Waals surface area contributed by atoms with Gasteiger partial charge in [-0.15, -0.1) is 10.2 Å². The van der Waals surface area contributed by atoms with Gasteiger partial charge in [0.1, 0.15) is 0 Å². The molecule has 3 rings (SSSR count). The molecule has 1 aromatic carbocycles. The van der Waals surface area contributed by atoms with Gasteiger partial charge in [-0.3, -0.25) is 4.79 Å². The minimum absolute atomic E-state index is 0.00205. The number of carbonyl (C=O) groups excluding carboxylic acids is 1. The number of hydrogen-bond donors (Lipinski definition) is 0. The molecule has 1 amide bonds. The predicted octanol–water partition coefficient (Wildman–Crippen LogP) is 3.69. The van der Waals surface area contributed by atoms with Gasteiger partial charge in [-0.1, -0.05) is 63.7 Å². The Morgan fingerprint density at radius 3 is 2.44 bits per heavy atom. The van der Waals surface area contributed by atoms with E-state index in [2.05, 4.69) is 55.2 Å². The number of carbonyl (C=O) groups is 1. The molecule has 0 N–H and O–H groups in total. The van der Waals surface area contributed by atoms with Crippen LogP contribution in [0.2, 0.25) is 0 Å². The molecule has 1 saturated heterocycles. The zero-order valence-corrected chi connectivity index (χ0v) is 21.5. The molecule has 9 heteroatoms. The smallest absolute Gasteiger partial charge is 0.233 e. The summed E-state index contributed by atoms with van der Waals surface area (Å²) in [5.41, 5.74) is 2.31. The molecule has 1 aliphatic rings. The third-order valence-electron chi connectivity index (χ3n) is 6.12. The SMILES string of the molecule is CCC(C)N(C(=O)CSc1nnc(-c2ccc(C(C)(C)C)cc2)n1C)C1CCS(=O)(=O)C1. The molecule has 2 aromatic rings. The molecule has 7 nitrogen and oxygen atoms in total. The highest BCUT2D eigenvalue weighted by Gasteiger charge is 2.36. The van der Waals surface area contributed by atoms with Crippen LogP contribution < -0.4 is 0 Å². The van der Waals surface area contributed by atoms with Crippen molar-refractivity contribution in [2.24, 2.45) is 7.05 Å². The van der Waals surface area contributed by atoms with Gasteiger partial charge in [0.15, 0.2) is 20.8 Å². The van der Waals surface area contributed by atoms with Crippen molar-refractivity contribution in [2.45, 2.75) is 70.1 Å². The molecule has 0 aliphatic carbocycles. The molecule has 0 bridgehead atoms. The predicted molar refractivity (Wildman–Crippen MR) is 130 cm³/mol. The van der Waals surface area contributed by atoms with Crippen molar-refractivity contribution in [3.63, 3.8) is 0 Å². The number of hydrogen-bond acceptors (Lipinski definition) is 6. The summed E-state index contributed by atoms with van der Waals surface area (Å²) in [6.07, 6.45) is 1.30. The average Bonchev–Trinajstić information content (AvgIpc) is 3.27. The quantitative estimate of drug-likeness (QED) is 0.564. The number of rotatable bonds is 7. The van der Waals surface area contributed by atoms with Gasteiger partial charge in [-0.25, -0.2) is 8.42 Å². The Labute approximate surface area is 195 Å². The summed E-state index contributed by atoms with van der Waals surface area (Å²) in [7, 11) is -1.16. The molecule has 1 aliphatic heterocycles. The zero-order chi connectivity index (χ0) is 23.7. The largest absolute Gasteiger partial charge is 0.335 e. The van der Waals surface area contributed by atoms with E-state index in [9.17, 15) is 13.2 Å². The third-order valence-corrected chi connectivity index (χ3v) is 8.88. The Kier molecular flexibility index (Phi) is 7.39. The van der Waals surface area contributed by atoms with Crippen LogP contribution in [0.1, 0.15) is 53.0 Å². The first-order chi connectivity index (χ1) is 14.9. The average molecular weight is 479 g/mol. The van der Waals surface area contributed by atoms with Crippen molar-refractivity contribution >= 4 is 27.5 Å². The van der Waals surface area contributed by atoms with Gasteiger partial charge in [0, 0.05) is 24.7 Å². The van der Waals surface area contributed by atoms with Crippen LogP contribution in [0.25, 0.3) is 11.4 Å². The van der Waals surface area contributed by atoms with Gasteiger partial charge in [0.05, 0.1) is 17.3 Å². The molecule has 2 unspecified atom stereocenters. The third kappa shape index (κ3) is 5.54. The topological polar surface area (TPSA) is 85.2 Å². The highest BCUT2D eigenvalue weighted by Crippen LogP contribution is 2.28. The van der Waals surface area contributed by atoms with Crippen LogP contribution in [-0.4, -0.2) is 63.3 Å². The molecule has 2 heterocycles. The maximum atomic E-state index is 13.1. The molecule has 176 valence electrons. The first-order valence-electron chi connectivity index (χ1n) is 11.1.